The van der Waals surface area contributed by atoms with Gasteiger partial charge in [0.1, 0.15) is 12.4 Å². The molecule has 0 radical (unpaired) electrons. The number of furan rings is 1. The van der Waals surface area contributed by atoms with E-state index in [0.717, 1.165) is 19.4 Å². The second-order valence-corrected chi connectivity index (χ2v) is 6.40. The van der Waals surface area contributed by atoms with Crippen molar-refractivity contribution in [2.45, 2.75) is 31.4 Å². The van der Waals surface area contributed by atoms with E-state index in [2.05, 4.69) is 17.3 Å². The van der Waals surface area contributed by atoms with E-state index in [-0.39, 0.29) is 29.7 Å². The summed E-state index contributed by atoms with van der Waals surface area (Å²) in [7, 11) is 2.06. The molecule has 3 heterocycles. The summed E-state index contributed by atoms with van der Waals surface area (Å²) in [6, 6.07) is 3.23. The van der Waals surface area contributed by atoms with Crippen molar-refractivity contribution in [2.75, 3.05) is 33.2 Å². The Morgan fingerprint density at radius 3 is 2.96 bits per heavy atom. The van der Waals surface area contributed by atoms with Gasteiger partial charge in [-0.3, -0.25) is 14.5 Å². The van der Waals surface area contributed by atoms with Crippen LogP contribution >= 0.6 is 0 Å². The van der Waals surface area contributed by atoms with Crippen molar-refractivity contribution in [3.63, 3.8) is 0 Å². The SMILES string of the molecule is CN1CCN(C(=O)c2ccc(CO)o2)CC12CCNC(=O)CC2. The summed E-state index contributed by atoms with van der Waals surface area (Å²) in [5.41, 5.74) is -0.167. The van der Waals surface area contributed by atoms with Crippen LogP contribution in [0.1, 0.15) is 35.6 Å². The maximum atomic E-state index is 12.7. The molecule has 1 aromatic heterocycles. The zero-order valence-electron chi connectivity index (χ0n) is 13.4. The second-order valence-electron chi connectivity index (χ2n) is 6.40. The van der Waals surface area contributed by atoms with Gasteiger partial charge < -0.3 is 19.7 Å². The molecule has 2 aliphatic rings. The summed E-state index contributed by atoms with van der Waals surface area (Å²) in [6.07, 6.45) is 2.07. The highest BCUT2D eigenvalue weighted by Crippen LogP contribution is 2.31. The molecule has 2 aliphatic heterocycles. The molecule has 7 nitrogen and oxygen atoms in total. The predicted octanol–water partition coefficient (Wildman–Crippen LogP) is 0.198. The third-order valence-electron chi connectivity index (χ3n) is 5.05. The van der Waals surface area contributed by atoms with Gasteiger partial charge in [-0.05, 0) is 32.0 Å². The number of hydrogen-bond acceptors (Lipinski definition) is 5. The summed E-state index contributed by atoms with van der Waals surface area (Å²) < 4.78 is 5.37. The second kappa shape index (κ2) is 6.33. The van der Waals surface area contributed by atoms with Crippen molar-refractivity contribution in [3.8, 4) is 0 Å². The smallest absolute Gasteiger partial charge is 0.289 e. The molecule has 2 N–H and O–H groups in total. The molecule has 1 aromatic rings. The van der Waals surface area contributed by atoms with Crippen molar-refractivity contribution in [3.05, 3.63) is 23.7 Å². The molecule has 2 saturated heterocycles. The van der Waals surface area contributed by atoms with Crippen LogP contribution in [0, 0.1) is 0 Å². The third-order valence-corrected chi connectivity index (χ3v) is 5.05. The van der Waals surface area contributed by atoms with Gasteiger partial charge in [-0.1, -0.05) is 0 Å². The minimum absolute atomic E-state index is 0.0809. The van der Waals surface area contributed by atoms with Crippen LogP contribution in [0.25, 0.3) is 0 Å². The minimum Gasteiger partial charge on any atom is -0.453 e. The average Bonchev–Trinajstić information content (AvgIpc) is 2.96. The highest BCUT2D eigenvalue weighted by Gasteiger charge is 2.42. The lowest BCUT2D eigenvalue weighted by Gasteiger charge is -2.49. The number of aliphatic hydroxyl groups excluding tert-OH is 1. The lowest BCUT2D eigenvalue weighted by atomic mass is 9.86. The molecule has 1 spiro atoms. The molecule has 0 bridgehead atoms. The van der Waals surface area contributed by atoms with Gasteiger partial charge >= 0.3 is 0 Å². The van der Waals surface area contributed by atoms with Crippen molar-refractivity contribution < 1.29 is 19.1 Å². The minimum atomic E-state index is -0.215. The molecule has 3 rings (SSSR count). The van der Waals surface area contributed by atoms with Gasteiger partial charge in [0.15, 0.2) is 5.76 Å². The van der Waals surface area contributed by atoms with E-state index in [4.69, 9.17) is 9.52 Å². The van der Waals surface area contributed by atoms with Gasteiger partial charge in [-0.15, -0.1) is 0 Å². The largest absolute Gasteiger partial charge is 0.453 e. The summed E-state index contributed by atoms with van der Waals surface area (Å²) in [5, 5.41) is 12.0. The van der Waals surface area contributed by atoms with Crippen molar-refractivity contribution in [1.29, 1.82) is 0 Å². The first kappa shape index (κ1) is 16.0. The quantitative estimate of drug-likeness (QED) is 0.813. The Morgan fingerprint density at radius 1 is 1.39 bits per heavy atom. The predicted molar refractivity (Wildman–Crippen MR) is 82.8 cm³/mol. The van der Waals surface area contributed by atoms with E-state index < -0.39 is 0 Å². The molecule has 0 saturated carbocycles. The van der Waals surface area contributed by atoms with E-state index in [9.17, 15) is 9.59 Å². The molecule has 23 heavy (non-hydrogen) atoms. The Hall–Kier alpha value is -1.86. The molecule has 0 aromatic carbocycles. The van der Waals surface area contributed by atoms with Crippen LogP contribution in [0.2, 0.25) is 0 Å². The number of likely N-dealkylation sites (N-methyl/N-ethyl adjacent to an activating group) is 1. The maximum absolute atomic E-state index is 12.7. The Balaban J connectivity index is 1.76. The van der Waals surface area contributed by atoms with Crippen LogP contribution in [0.4, 0.5) is 0 Å². The van der Waals surface area contributed by atoms with Crippen LogP contribution in [0.3, 0.4) is 0 Å². The van der Waals surface area contributed by atoms with Gasteiger partial charge in [0.2, 0.25) is 5.91 Å². The molecule has 2 fully saturated rings. The Morgan fingerprint density at radius 2 is 2.22 bits per heavy atom. The fourth-order valence-corrected chi connectivity index (χ4v) is 3.50. The third kappa shape index (κ3) is 3.11. The van der Waals surface area contributed by atoms with Crippen LogP contribution in [-0.2, 0) is 11.4 Å². The van der Waals surface area contributed by atoms with Crippen LogP contribution < -0.4 is 5.32 Å². The number of hydrogen-bond donors (Lipinski definition) is 2. The number of carbonyl (C=O) groups is 2. The highest BCUT2D eigenvalue weighted by molar-refractivity contribution is 5.91. The number of carbonyl (C=O) groups excluding carboxylic acids is 2. The van der Waals surface area contributed by atoms with Gasteiger partial charge in [0, 0.05) is 38.1 Å². The van der Waals surface area contributed by atoms with Gasteiger partial charge in [-0.2, -0.15) is 0 Å². The Bertz CT molecular complexity index is 600. The first-order valence-electron chi connectivity index (χ1n) is 8.01. The fourth-order valence-electron chi connectivity index (χ4n) is 3.50. The van der Waals surface area contributed by atoms with Crippen molar-refractivity contribution in [1.82, 2.24) is 15.1 Å². The van der Waals surface area contributed by atoms with E-state index in [1.54, 1.807) is 17.0 Å². The first-order valence-corrected chi connectivity index (χ1v) is 8.01. The topological polar surface area (TPSA) is 86.0 Å². The van der Waals surface area contributed by atoms with Crippen molar-refractivity contribution in [2.24, 2.45) is 0 Å². The van der Waals surface area contributed by atoms with E-state index in [1.807, 2.05) is 0 Å². The van der Waals surface area contributed by atoms with Crippen LogP contribution in [0.15, 0.2) is 16.5 Å². The Kier molecular flexibility index (Phi) is 4.41. The summed E-state index contributed by atoms with van der Waals surface area (Å²) in [5.74, 6) is 0.580. The van der Waals surface area contributed by atoms with Crippen LogP contribution in [0.5, 0.6) is 0 Å². The molecule has 1 atom stereocenters. The van der Waals surface area contributed by atoms with Gasteiger partial charge in [0.25, 0.3) is 5.91 Å². The maximum Gasteiger partial charge on any atom is 0.289 e. The normalized spacial score (nSPS) is 26.2. The number of aliphatic hydroxyl groups is 1. The molecule has 2 amide bonds. The van der Waals surface area contributed by atoms with E-state index in [0.29, 0.717) is 31.8 Å². The zero-order chi connectivity index (χ0) is 16.4. The van der Waals surface area contributed by atoms with Gasteiger partial charge in [-0.25, -0.2) is 0 Å². The number of nitrogens with zero attached hydrogens (tertiary/aromatic N) is 2. The van der Waals surface area contributed by atoms with E-state index in [1.165, 1.54) is 0 Å². The highest BCUT2D eigenvalue weighted by atomic mass is 16.4. The zero-order valence-corrected chi connectivity index (χ0v) is 13.4. The fraction of sp³-hybridized carbons (Fsp3) is 0.625. The molecular formula is C16H23N3O4. The molecule has 7 heteroatoms. The average molecular weight is 321 g/mol. The first-order chi connectivity index (χ1) is 11.0. The lowest BCUT2D eigenvalue weighted by Crippen LogP contribution is -2.62. The van der Waals surface area contributed by atoms with Gasteiger partial charge in [0.05, 0.1) is 0 Å². The standard InChI is InChI=1S/C16H23N3O4/c1-18-8-9-19(15(22)13-3-2-12(10-20)23-13)11-16(18)5-4-14(21)17-7-6-16/h2-3,20H,4-11H2,1H3,(H,17,21). The van der Waals surface area contributed by atoms with Crippen LogP contribution in [-0.4, -0.2) is 65.5 Å². The number of piperazine rings is 1. The molecule has 1 unspecified atom stereocenters. The number of nitrogens with one attached hydrogen (secondary N) is 1. The summed E-state index contributed by atoms with van der Waals surface area (Å²) in [4.78, 5) is 28.4. The molecular weight excluding hydrogens is 298 g/mol. The monoisotopic (exact) mass is 321 g/mol. The molecule has 0 aliphatic carbocycles. The number of rotatable bonds is 2. The Labute approximate surface area is 135 Å². The summed E-state index contributed by atoms with van der Waals surface area (Å²) in [6.45, 7) is 2.42. The van der Waals surface area contributed by atoms with E-state index >= 15 is 0 Å². The lowest BCUT2D eigenvalue weighted by molar-refractivity contribution is -0.121. The van der Waals surface area contributed by atoms with Crippen molar-refractivity contribution >= 4 is 11.8 Å². The summed E-state index contributed by atoms with van der Waals surface area (Å²) >= 11 is 0. The number of amides is 2. The molecule has 126 valence electrons.